The average Bonchev–Trinajstić information content (AvgIpc) is 2.77. The molecule has 0 radical (unpaired) electrons. The van der Waals surface area contributed by atoms with E-state index in [1.165, 1.54) is 11.8 Å². The monoisotopic (exact) mass is 394 g/mol. The van der Waals surface area contributed by atoms with Crippen LogP contribution in [0.15, 0.2) is 63.8 Å². The van der Waals surface area contributed by atoms with E-state index in [1.807, 2.05) is 12.1 Å². The summed E-state index contributed by atoms with van der Waals surface area (Å²) in [5.74, 6) is 1.07. The third-order valence-corrected chi connectivity index (χ3v) is 5.29. The van der Waals surface area contributed by atoms with Crippen LogP contribution in [0.5, 0.6) is 11.5 Å². The van der Waals surface area contributed by atoms with Crippen molar-refractivity contribution in [3.05, 3.63) is 65.0 Å². The minimum atomic E-state index is -0.396. The molecule has 0 N–H and O–H groups in total. The van der Waals surface area contributed by atoms with Gasteiger partial charge < -0.3 is 18.8 Å². The predicted molar refractivity (Wildman–Crippen MR) is 114 cm³/mol. The molecule has 2 aromatic carbocycles. The van der Waals surface area contributed by atoms with Gasteiger partial charge in [-0.3, -0.25) is 4.90 Å². The number of benzene rings is 2. The molecule has 0 unspecified atom stereocenters. The topological polar surface area (TPSA) is 55.2 Å². The molecule has 1 aromatic heterocycles. The first-order valence-electron chi connectivity index (χ1n) is 10.0. The van der Waals surface area contributed by atoms with Crippen LogP contribution in [0.1, 0.15) is 6.42 Å². The van der Waals surface area contributed by atoms with Gasteiger partial charge in [-0.15, -0.1) is 0 Å². The van der Waals surface area contributed by atoms with Gasteiger partial charge in [0.25, 0.3) is 0 Å². The number of para-hydroxylation sites is 1. The van der Waals surface area contributed by atoms with Crippen LogP contribution in [0.4, 0.5) is 5.69 Å². The summed E-state index contributed by atoms with van der Waals surface area (Å²) in [6, 6.07) is 17.4. The molecule has 6 heteroatoms. The second-order valence-corrected chi connectivity index (χ2v) is 7.14. The maximum Gasteiger partial charge on any atom is 0.336 e. The van der Waals surface area contributed by atoms with Crippen LogP contribution >= 0.6 is 0 Å². The molecule has 1 aliphatic heterocycles. The minimum Gasteiger partial charge on any atom is -0.493 e. The summed E-state index contributed by atoms with van der Waals surface area (Å²) in [5, 5.41) is 0.817. The van der Waals surface area contributed by atoms with Gasteiger partial charge in [-0.1, -0.05) is 18.2 Å². The molecule has 3 aromatic rings. The van der Waals surface area contributed by atoms with Crippen LogP contribution in [-0.2, 0) is 0 Å². The standard InChI is InChI=1S/C23H26N2O4/c1-27-20-10-8-18-9-11-21(26)29-22(18)23(20)28-17-5-12-24-13-15-25(16-14-24)19-6-3-2-4-7-19/h2-4,6-11H,5,12-17H2,1H3. The first-order chi connectivity index (χ1) is 14.2. The van der Waals surface area contributed by atoms with Crippen molar-refractivity contribution in [3.8, 4) is 11.5 Å². The Bertz CT molecular complexity index is 995. The van der Waals surface area contributed by atoms with E-state index in [-0.39, 0.29) is 0 Å². The number of nitrogens with zero attached hydrogens (tertiary/aromatic N) is 2. The van der Waals surface area contributed by atoms with E-state index in [2.05, 4.69) is 40.1 Å². The molecule has 0 amide bonds. The molecular weight excluding hydrogens is 368 g/mol. The van der Waals surface area contributed by atoms with Gasteiger partial charge in [-0.05, 0) is 36.8 Å². The van der Waals surface area contributed by atoms with E-state index in [9.17, 15) is 4.79 Å². The Morgan fingerprint density at radius 2 is 1.72 bits per heavy atom. The van der Waals surface area contributed by atoms with E-state index >= 15 is 0 Å². The van der Waals surface area contributed by atoms with E-state index in [4.69, 9.17) is 13.9 Å². The highest BCUT2D eigenvalue weighted by atomic mass is 16.5. The van der Waals surface area contributed by atoms with Gasteiger partial charge in [-0.25, -0.2) is 4.79 Å². The van der Waals surface area contributed by atoms with Crippen molar-refractivity contribution in [2.75, 3.05) is 51.3 Å². The Morgan fingerprint density at radius 3 is 2.48 bits per heavy atom. The fourth-order valence-electron chi connectivity index (χ4n) is 3.72. The van der Waals surface area contributed by atoms with E-state index in [0.29, 0.717) is 23.7 Å². The van der Waals surface area contributed by atoms with Crippen molar-refractivity contribution < 1.29 is 13.9 Å². The number of anilines is 1. The smallest absolute Gasteiger partial charge is 0.336 e. The number of ether oxygens (including phenoxy) is 2. The maximum atomic E-state index is 11.6. The highest BCUT2D eigenvalue weighted by Gasteiger charge is 2.17. The summed E-state index contributed by atoms with van der Waals surface area (Å²) >= 11 is 0. The van der Waals surface area contributed by atoms with Crippen molar-refractivity contribution in [2.45, 2.75) is 6.42 Å². The van der Waals surface area contributed by atoms with Crippen LogP contribution < -0.4 is 20.0 Å². The number of fused-ring (bicyclic) bond motifs is 1. The summed E-state index contributed by atoms with van der Waals surface area (Å²) in [6.45, 7) is 5.66. The van der Waals surface area contributed by atoms with Crippen molar-refractivity contribution in [3.63, 3.8) is 0 Å². The molecule has 0 saturated carbocycles. The summed E-state index contributed by atoms with van der Waals surface area (Å²) in [5.41, 5.74) is 1.33. The lowest BCUT2D eigenvalue weighted by Crippen LogP contribution is -2.46. The summed E-state index contributed by atoms with van der Waals surface area (Å²) in [6.07, 6.45) is 0.891. The van der Waals surface area contributed by atoms with Gasteiger partial charge in [0.2, 0.25) is 5.75 Å². The second-order valence-electron chi connectivity index (χ2n) is 7.14. The van der Waals surface area contributed by atoms with Gasteiger partial charge in [-0.2, -0.15) is 0 Å². The Balaban J connectivity index is 1.30. The molecule has 0 bridgehead atoms. The zero-order valence-electron chi connectivity index (χ0n) is 16.7. The Labute approximate surface area is 170 Å². The molecule has 2 heterocycles. The zero-order chi connectivity index (χ0) is 20.1. The minimum absolute atomic E-state index is 0.396. The van der Waals surface area contributed by atoms with E-state index < -0.39 is 5.63 Å². The molecule has 4 rings (SSSR count). The normalized spacial score (nSPS) is 14.9. The van der Waals surface area contributed by atoms with Crippen molar-refractivity contribution in [1.82, 2.24) is 4.90 Å². The average molecular weight is 394 g/mol. The third-order valence-electron chi connectivity index (χ3n) is 5.29. The van der Waals surface area contributed by atoms with Crippen molar-refractivity contribution >= 4 is 16.7 Å². The fraction of sp³-hybridized carbons (Fsp3) is 0.348. The Morgan fingerprint density at radius 1 is 0.966 bits per heavy atom. The number of hydrogen-bond donors (Lipinski definition) is 0. The largest absolute Gasteiger partial charge is 0.493 e. The molecule has 0 spiro atoms. The van der Waals surface area contributed by atoms with Gasteiger partial charge in [0.1, 0.15) is 0 Å². The van der Waals surface area contributed by atoms with E-state index in [1.54, 1.807) is 13.2 Å². The Kier molecular flexibility index (Phi) is 6.00. The molecule has 1 fully saturated rings. The molecular formula is C23H26N2O4. The van der Waals surface area contributed by atoms with E-state index in [0.717, 1.165) is 44.5 Å². The van der Waals surface area contributed by atoms with Crippen LogP contribution in [0.3, 0.4) is 0 Å². The SMILES string of the molecule is COc1ccc2ccc(=O)oc2c1OCCCN1CCN(c2ccccc2)CC1. The van der Waals surface area contributed by atoms with Crippen LogP contribution in [0, 0.1) is 0 Å². The highest BCUT2D eigenvalue weighted by Crippen LogP contribution is 2.34. The predicted octanol–water partition coefficient (Wildman–Crippen LogP) is 3.39. The number of rotatable bonds is 7. The molecule has 0 atom stereocenters. The van der Waals surface area contributed by atoms with Gasteiger partial charge >= 0.3 is 5.63 Å². The first kappa shape index (κ1) is 19.3. The molecule has 1 saturated heterocycles. The second kappa shape index (κ2) is 9.01. The number of piperazine rings is 1. The lowest BCUT2D eigenvalue weighted by atomic mass is 10.2. The van der Waals surface area contributed by atoms with Crippen LogP contribution in [-0.4, -0.2) is 51.3 Å². The summed E-state index contributed by atoms with van der Waals surface area (Å²) in [7, 11) is 1.58. The zero-order valence-corrected chi connectivity index (χ0v) is 16.7. The van der Waals surface area contributed by atoms with Crippen LogP contribution in [0.2, 0.25) is 0 Å². The summed E-state index contributed by atoms with van der Waals surface area (Å²) in [4.78, 5) is 16.5. The Hall–Kier alpha value is -2.99. The number of methoxy groups -OCH3 is 1. The van der Waals surface area contributed by atoms with Crippen molar-refractivity contribution in [1.29, 1.82) is 0 Å². The molecule has 6 nitrogen and oxygen atoms in total. The lowest BCUT2D eigenvalue weighted by Gasteiger charge is -2.36. The molecule has 152 valence electrons. The third kappa shape index (κ3) is 4.54. The lowest BCUT2D eigenvalue weighted by molar-refractivity contribution is 0.221. The highest BCUT2D eigenvalue weighted by molar-refractivity contribution is 5.85. The number of hydrogen-bond acceptors (Lipinski definition) is 6. The first-order valence-corrected chi connectivity index (χ1v) is 10.0. The van der Waals surface area contributed by atoms with Gasteiger partial charge in [0.15, 0.2) is 11.3 Å². The fourth-order valence-corrected chi connectivity index (χ4v) is 3.72. The van der Waals surface area contributed by atoms with Gasteiger partial charge in [0, 0.05) is 49.9 Å². The van der Waals surface area contributed by atoms with Gasteiger partial charge in [0.05, 0.1) is 13.7 Å². The summed E-state index contributed by atoms with van der Waals surface area (Å²) < 4.78 is 16.7. The van der Waals surface area contributed by atoms with Crippen LogP contribution in [0.25, 0.3) is 11.0 Å². The van der Waals surface area contributed by atoms with Crippen molar-refractivity contribution in [2.24, 2.45) is 0 Å². The molecule has 0 aliphatic carbocycles. The maximum absolute atomic E-state index is 11.6. The quantitative estimate of drug-likeness (QED) is 0.452. The molecule has 29 heavy (non-hydrogen) atoms. The molecule has 1 aliphatic rings.